The van der Waals surface area contributed by atoms with Gasteiger partial charge in [0.05, 0.1) is 52.6 Å². The number of methoxy groups -OCH3 is 4. The molecule has 3 aromatic rings. The van der Waals surface area contributed by atoms with E-state index < -0.39 is 12.0 Å². The maximum atomic E-state index is 13.5. The van der Waals surface area contributed by atoms with Gasteiger partial charge in [-0.3, -0.25) is 9.59 Å². The van der Waals surface area contributed by atoms with Crippen LogP contribution in [0.15, 0.2) is 53.9 Å². The number of amides is 2. The van der Waals surface area contributed by atoms with Crippen molar-refractivity contribution in [1.29, 1.82) is 0 Å². The number of rotatable bonds is 9. The monoisotopic (exact) mass is 510 g/mol. The maximum absolute atomic E-state index is 13.5. The first-order chi connectivity index (χ1) is 17.5. The van der Waals surface area contributed by atoms with Crippen molar-refractivity contribution in [1.82, 2.24) is 5.32 Å². The number of nitrogens with zero attached hydrogens (tertiary/aromatic N) is 1. The van der Waals surface area contributed by atoms with Crippen molar-refractivity contribution in [2.24, 2.45) is 5.92 Å². The summed E-state index contributed by atoms with van der Waals surface area (Å²) in [6, 6.07) is 14.3. The van der Waals surface area contributed by atoms with E-state index in [0.717, 1.165) is 10.4 Å². The van der Waals surface area contributed by atoms with Crippen LogP contribution in [0.25, 0.3) is 0 Å². The minimum atomic E-state index is -0.539. The zero-order valence-corrected chi connectivity index (χ0v) is 21.6. The minimum Gasteiger partial charge on any atom is -0.497 e. The Kier molecular flexibility index (Phi) is 8.00. The van der Waals surface area contributed by atoms with Gasteiger partial charge in [0.2, 0.25) is 17.6 Å². The Morgan fingerprint density at radius 3 is 2.25 bits per heavy atom. The first kappa shape index (κ1) is 25.4. The lowest BCUT2D eigenvalue weighted by Crippen LogP contribution is -2.48. The van der Waals surface area contributed by atoms with Gasteiger partial charge in [-0.05, 0) is 35.6 Å². The van der Waals surface area contributed by atoms with E-state index in [0.29, 0.717) is 41.7 Å². The van der Waals surface area contributed by atoms with Gasteiger partial charge in [0.15, 0.2) is 11.5 Å². The average Bonchev–Trinajstić information content (AvgIpc) is 3.44. The van der Waals surface area contributed by atoms with Crippen molar-refractivity contribution < 1.29 is 28.5 Å². The Labute approximate surface area is 214 Å². The normalized spacial score (nSPS) is 17.4. The molecule has 1 aliphatic rings. The summed E-state index contributed by atoms with van der Waals surface area (Å²) in [6.07, 6.45) is 0.674. The maximum Gasteiger partial charge on any atom is 0.227 e. The van der Waals surface area contributed by atoms with E-state index in [1.807, 2.05) is 41.8 Å². The Balaban J connectivity index is 1.77. The molecule has 1 N–H and O–H groups in total. The molecule has 0 spiro atoms. The van der Waals surface area contributed by atoms with Crippen LogP contribution in [-0.2, 0) is 16.1 Å². The fourth-order valence-corrected chi connectivity index (χ4v) is 5.22. The lowest BCUT2D eigenvalue weighted by atomic mass is 9.83. The van der Waals surface area contributed by atoms with Crippen LogP contribution < -0.4 is 29.2 Å². The second-order valence-corrected chi connectivity index (χ2v) is 9.34. The second-order valence-electron chi connectivity index (χ2n) is 8.31. The number of hydrogen-bond donors (Lipinski definition) is 1. The molecule has 1 aromatic heterocycles. The number of carbonyl (C=O) groups is 2. The molecule has 2 heterocycles. The highest BCUT2D eigenvalue weighted by atomic mass is 32.1. The molecule has 2 amide bonds. The van der Waals surface area contributed by atoms with Crippen LogP contribution >= 0.6 is 11.3 Å². The summed E-state index contributed by atoms with van der Waals surface area (Å²) in [4.78, 5) is 29.7. The van der Waals surface area contributed by atoms with E-state index in [4.69, 9.17) is 18.9 Å². The van der Waals surface area contributed by atoms with Gasteiger partial charge in [0, 0.05) is 23.4 Å². The predicted molar refractivity (Wildman–Crippen MR) is 138 cm³/mol. The highest BCUT2D eigenvalue weighted by Crippen LogP contribution is 2.46. The van der Waals surface area contributed by atoms with Crippen LogP contribution in [0.4, 0.5) is 5.69 Å². The summed E-state index contributed by atoms with van der Waals surface area (Å²) < 4.78 is 21.9. The van der Waals surface area contributed by atoms with Crippen LogP contribution in [-0.4, -0.2) is 40.3 Å². The molecule has 2 atom stereocenters. The molecule has 190 valence electrons. The van der Waals surface area contributed by atoms with Gasteiger partial charge in [0.1, 0.15) is 5.75 Å². The number of carbonyl (C=O) groups excluding carboxylic acids is 2. The quantitative estimate of drug-likeness (QED) is 0.453. The molecule has 36 heavy (non-hydrogen) atoms. The molecule has 8 nitrogen and oxygen atoms in total. The largest absolute Gasteiger partial charge is 0.497 e. The van der Waals surface area contributed by atoms with Crippen molar-refractivity contribution in [3.63, 3.8) is 0 Å². The molecule has 0 bridgehead atoms. The second kappa shape index (κ2) is 11.3. The number of piperidine rings is 1. The zero-order valence-electron chi connectivity index (χ0n) is 20.8. The summed E-state index contributed by atoms with van der Waals surface area (Å²) in [5, 5.41) is 5.05. The summed E-state index contributed by atoms with van der Waals surface area (Å²) >= 11 is 1.59. The molecule has 1 saturated heterocycles. The van der Waals surface area contributed by atoms with E-state index >= 15 is 0 Å². The molecule has 1 aliphatic heterocycles. The molecule has 0 aliphatic carbocycles. The number of nitrogens with one attached hydrogen (secondary N) is 1. The minimum absolute atomic E-state index is 0.0904. The first-order valence-corrected chi connectivity index (χ1v) is 12.4. The molecular formula is C27H30N2O6S. The molecule has 0 radical (unpaired) electrons. The average molecular weight is 511 g/mol. The van der Waals surface area contributed by atoms with Crippen molar-refractivity contribution >= 4 is 28.8 Å². The van der Waals surface area contributed by atoms with E-state index in [2.05, 4.69) is 5.32 Å². The smallest absolute Gasteiger partial charge is 0.227 e. The van der Waals surface area contributed by atoms with Crippen molar-refractivity contribution in [2.75, 3.05) is 33.3 Å². The van der Waals surface area contributed by atoms with Gasteiger partial charge in [-0.1, -0.05) is 18.2 Å². The topological polar surface area (TPSA) is 86.3 Å². The summed E-state index contributed by atoms with van der Waals surface area (Å²) in [7, 11) is 6.18. The van der Waals surface area contributed by atoms with Gasteiger partial charge >= 0.3 is 0 Å². The summed E-state index contributed by atoms with van der Waals surface area (Å²) in [6.45, 7) is 0.445. The molecule has 9 heteroatoms. The van der Waals surface area contributed by atoms with Crippen molar-refractivity contribution in [3.05, 3.63) is 64.4 Å². The first-order valence-electron chi connectivity index (χ1n) is 11.6. The lowest BCUT2D eigenvalue weighted by molar-refractivity contribution is -0.129. The third-order valence-electron chi connectivity index (χ3n) is 6.34. The molecule has 1 fully saturated rings. The highest BCUT2D eigenvalue weighted by Gasteiger charge is 2.42. The molecule has 4 rings (SSSR count). The Hall–Kier alpha value is -3.72. The van der Waals surface area contributed by atoms with E-state index in [1.165, 1.54) is 21.3 Å². The Morgan fingerprint density at radius 1 is 1.00 bits per heavy atom. The molecule has 0 unspecified atom stereocenters. The molecular weight excluding hydrogens is 480 g/mol. The van der Waals surface area contributed by atoms with Crippen LogP contribution in [0.3, 0.4) is 0 Å². The third kappa shape index (κ3) is 5.11. The van der Waals surface area contributed by atoms with Crippen LogP contribution in [0.5, 0.6) is 23.0 Å². The number of benzene rings is 2. The van der Waals surface area contributed by atoms with Gasteiger partial charge in [-0.15, -0.1) is 11.3 Å². The van der Waals surface area contributed by atoms with Crippen molar-refractivity contribution in [2.45, 2.75) is 25.4 Å². The van der Waals surface area contributed by atoms with E-state index in [9.17, 15) is 9.59 Å². The lowest BCUT2D eigenvalue weighted by Gasteiger charge is -2.41. The number of thiophene rings is 1. The van der Waals surface area contributed by atoms with E-state index in [-0.39, 0.29) is 18.2 Å². The van der Waals surface area contributed by atoms with Crippen LogP contribution in [0.2, 0.25) is 0 Å². The SMILES string of the molecule is COc1ccc([C@@H]2[C@H](C(=O)NCc3cccs3)CCC(=O)N2c2cc(OC)c(OC)c(OC)c2)cc1. The standard InChI is InChI=1S/C27H30N2O6S/c1-32-19-9-7-17(8-10-19)25-21(27(31)28-16-20-6-5-13-36-20)11-12-24(30)29(25)18-14-22(33-2)26(35-4)23(15-18)34-3/h5-10,13-15,21,25H,11-12,16H2,1-4H3,(H,28,31)/t21-,25-/m1/s1. The Morgan fingerprint density at radius 2 is 1.69 bits per heavy atom. The third-order valence-corrected chi connectivity index (χ3v) is 7.21. The van der Waals surface area contributed by atoms with Crippen LogP contribution in [0.1, 0.15) is 29.3 Å². The number of anilines is 1. The summed E-state index contributed by atoms with van der Waals surface area (Å²) in [5.74, 6) is 1.32. The number of ether oxygens (including phenoxy) is 4. The van der Waals surface area contributed by atoms with Gasteiger partial charge in [-0.25, -0.2) is 0 Å². The predicted octanol–water partition coefficient (Wildman–Crippen LogP) is 4.58. The highest BCUT2D eigenvalue weighted by molar-refractivity contribution is 7.09. The Bertz CT molecular complexity index is 1170. The fraction of sp³-hybridized carbons (Fsp3) is 0.333. The summed E-state index contributed by atoms with van der Waals surface area (Å²) in [5.41, 5.74) is 1.39. The van der Waals surface area contributed by atoms with Gasteiger partial charge in [0.25, 0.3) is 0 Å². The number of hydrogen-bond acceptors (Lipinski definition) is 7. The van der Waals surface area contributed by atoms with Crippen LogP contribution in [0, 0.1) is 5.92 Å². The fourth-order valence-electron chi connectivity index (χ4n) is 4.58. The van der Waals surface area contributed by atoms with Gasteiger partial charge < -0.3 is 29.2 Å². The zero-order chi connectivity index (χ0) is 25.7. The van der Waals surface area contributed by atoms with Gasteiger partial charge in [-0.2, -0.15) is 0 Å². The molecule has 0 saturated carbocycles. The van der Waals surface area contributed by atoms with Crippen molar-refractivity contribution in [3.8, 4) is 23.0 Å². The van der Waals surface area contributed by atoms with E-state index in [1.54, 1.807) is 35.5 Å². The molecule has 2 aromatic carbocycles.